The van der Waals surface area contributed by atoms with Crippen LogP contribution in [0.5, 0.6) is 0 Å². The number of carbonyl (C=O) groups excluding carboxylic acids is 1. The lowest BCUT2D eigenvalue weighted by atomic mass is 10.2. The molecule has 0 saturated carbocycles. The standard InChI is InChI=1S/C10H10BrF3N2OS.ClH/c1-5-2-6(11)3-7(9(5)15)16-8(17)4-18-10(12,13)14;/h2-3H,4,15H2,1H3,(H,16,17);1H. The molecule has 9 heteroatoms. The van der Waals surface area contributed by atoms with Crippen molar-refractivity contribution < 1.29 is 18.0 Å². The first-order chi connectivity index (χ1) is 8.19. The van der Waals surface area contributed by atoms with E-state index in [-0.39, 0.29) is 24.2 Å². The quantitative estimate of drug-likeness (QED) is 0.782. The molecule has 0 aliphatic carbocycles. The van der Waals surface area contributed by atoms with Crippen LogP contribution in [-0.2, 0) is 4.79 Å². The highest BCUT2D eigenvalue weighted by Crippen LogP contribution is 2.31. The van der Waals surface area contributed by atoms with E-state index >= 15 is 0 Å². The van der Waals surface area contributed by atoms with E-state index in [9.17, 15) is 18.0 Å². The minimum atomic E-state index is -4.42. The van der Waals surface area contributed by atoms with Crippen molar-refractivity contribution in [1.82, 2.24) is 0 Å². The van der Waals surface area contributed by atoms with Crippen molar-refractivity contribution in [2.24, 2.45) is 0 Å². The van der Waals surface area contributed by atoms with E-state index in [0.717, 1.165) is 5.56 Å². The maximum Gasteiger partial charge on any atom is 0.442 e. The molecule has 0 saturated heterocycles. The van der Waals surface area contributed by atoms with E-state index in [1.807, 2.05) is 0 Å². The summed E-state index contributed by atoms with van der Waals surface area (Å²) in [7, 11) is 0. The largest absolute Gasteiger partial charge is 0.442 e. The smallest absolute Gasteiger partial charge is 0.397 e. The predicted molar refractivity (Wildman–Crippen MR) is 77.7 cm³/mol. The van der Waals surface area contributed by atoms with Gasteiger partial charge in [0.1, 0.15) is 0 Å². The maximum atomic E-state index is 11.9. The van der Waals surface area contributed by atoms with Crippen LogP contribution in [0.25, 0.3) is 0 Å². The van der Waals surface area contributed by atoms with Crippen LogP contribution >= 0.6 is 40.1 Å². The van der Waals surface area contributed by atoms with E-state index in [2.05, 4.69) is 21.2 Å². The van der Waals surface area contributed by atoms with Crippen LogP contribution in [0, 0.1) is 6.92 Å². The Balaban J connectivity index is 0.00000324. The van der Waals surface area contributed by atoms with Crippen LogP contribution < -0.4 is 11.1 Å². The van der Waals surface area contributed by atoms with Crippen LogP contribution in [0.3, 0.4) is 0 Å². The van der Waals surface area contributed by atoms with Gasteiger partial charge in [-0.3, -0.25) is 4.79 Å². The summed E-state index contributed by atoms with van der Waals surface area (Å²) in [6.45, 7) is 1.74. The van der Waals surface area contributed by atoms with Crippen molar-refractivity contribution in [2.75, 3.05) is 16.8 Å². The van der Waals surface area contributed by atoms with Gasteiger partial charge in [0.05, 0.1) is 17.1 Å². The van der Waals surface area contributed by atoms with Gasteiger partial charge in [-0.25, -0.2) is 0 Å². The van der Waals surface area contributed by atoms with Crippen LogP contribution in [0.4, 0.5) is 24.5 Å². The molecule has 0 aliphatic heterocycles. The van der Waals surface area contributed by atoms with Gasteiger partial charge < -0.3 is 11.1 Å². The van der Waals surface area contributed by atoms with Gasteiger partial charge in [0, 0.05) is 4.47 Å². The number of alkyl halides is 3. The van der Waals surface area contributed by atoms with E-state index in [0.29, 0.717) is 15.8 Å². The normalized spacial score (nSPS) is 10.8. The summed E-state index contributed by atoms with van der Waals surface area (Å²) >= 11 is 2.83. The van der Waals surface area contributed by atoms with Crippen LogP contribution in [0.2, 0.25) is 0 Å². The summed E-state index contributed by atoms with van der Waals surface area (Å²) in [6, 6.07) is 3.29. The Hall–Kier alpha value is -0.600. The molecule has 0 spiro atoms. The van der Waals surface area contributed by atoms with Gasteiger partial charge in [0.15, 0.2) is 0 Å². The Morgan fingerprint density at radius 3 is 2.58 bits per heavy atom. The van der Waals surface area contributed by atoms with Gasteiger partial charge in [-0.05, 0) is 36.4 Å². The summed E-state index contributed by atoms with van der Waals surface area (Å²) in [5.74, 6) is -1.45. The summed E-state index contributed by atoms with van der Waals surface area (Å²) < 4.78 is 36.4. The number of carbonyl (C=O) groups is 1. The first kappa shape index (κ1) is 18.4. The highest BCUT2D eigenvalue weighted by molar-refractivity contribution is 9.10. The molecule has 0 heterocycles. The van der Waals surface area contributed by atoms with Gasteiger partial charge in [-0.1, -0.05) is 15.9 Å². The minimum absolute atomic E-state index is 0. The fourth-order valence-electron chi connectivity index (χ4n) is 1.19. The number of hydrogen-bond donors (Lipinski definition) is 2. The average Bonchev–Trinajstić information content (AvgIpc) is 2.21. The molecule has 3 N–H and O–H groups in total. The Bertz CT molecular complexity index is 471. The molecule has 1 aromatic rings. The number of rotatable bonds is 3. The van der Waals surface area contributed by atoms with E-state index in [4.69, 9.17) is 5.73 Å². The SMILES string of the molecule is Cc1cc(Br)cc(NC(=O)CSC(F)(F)F)c1N.Cl. The number of nitrogens with two attached hydrogens (primary N) is 1. The second kappa shape index (κ2) is 7.25. The highest BCUT2D eigenvalue weighted by atomic mass is 79.9. The second-order valence-electron chi connectivity index (χ2n) is 3.47. The Morgan fingerprint density at radius 2 is 2.05 bits per heavy atom. The molecule has 19 heavy (non-hydrogen) atoms. The first-order valence-corrected chi connectivity index (χ1v) is 6.53. The number of anilines is 2. The monoisotopic (exact) mass is 378 g/mol. The Labute approximate surface area is 127 Å². The number of halogens is 5. The molecule has 0 bridgehead atoms. The molecule has 1 aromatic carbocycles. The molecular weight excluding hydrogens is 369 g/mol. The van der Waals surface area contributed by atoms with Crippen molar-refractivity contribution >= 4 is 57.4 Å². The third-order valence-electron chi connectivity index (χ3n) is 1.99. The highest BCUT2D eigenvalue weighted by Gasteiger charge is 2.29. The lowest BCUT2D eigenvalue weighted by Gasteiger charge is -2.11. The van der Waals surface area contributed by atoms with E-state index in [1.165, 1.54) is 0 Å². The van der Waals surface area contributed by atoms with Crippen LogP contribution in [-0.4, -0.2) is 17.2 Å². The van der Waals surface area contributed by atoms with E-state index in [1.54, 1.807) is 19.1 Å². The third-order valence-corrected chi connectivity index (χ3v) is 3.18. The van der Waals surface area contributed by atoms with E-state index < -0.39 is 17.2 Å². The van der Waals surface area contributed by atoms with Crippen LogP contribution in [0.15, 0.2) is 16.6 Å². The number of hydrogen-bond acceptors (Lipinski definition) is 3. The molecule has 108 valence electrons. The van der Waals surface area contributed by atoms with Crippen molar-refractivity contribution in [3.63, 3.8) is 0 Å². The molecule has 3 nitrogen and oxygen atoms in total. The lowest BCUT2D eigenvalue weighted by molar-refractivity contribution is -0.114. The summed E-state index contributed by atoms with van der Waals surface area (Å²) in [5, 5.41) is 2.35. The van der Waals surface area contributed by atoms with Crippen molar-refractivity contribution in [1.29, 1.82) is 0 Å². The second-order valence-corrected chi connectivity index (χ2v) is 5.42. The van der Waals surface area contributed by atoms with Gasteiger partial charge in [0.2, 0.25) is 5.91 Å². The lowest BCUT2D eigenvalue weighted by Crippen LogP contribution is -2.18. The van der Waals surface area contributed by atoms with Crippen molar-refractivity contribution in [2.45, 2.75) is 12.4 Å². The zero-order valence-corrected chi connectivity index (χ0v) is 12.9. The maximum absolute atomic E-state index is 11.9. The fraction of sp³-hybridized carbons (Fsp3) is 0.300. The molecule has 0 radical (unpaired) electrons. The fourth-order valence-corrected chi connectivity index (χ4v) is 2.13. The molecule has 0 atom stereocenters. The topological polar surface area (TPSA) is 55.1 Å². The van der Waals surface area contributed by atoms with Crippen LogP contribution in [0.1, 0.15) is 5.56 Å². The zero-order chi connectivity index (χ0) is 13.9. The van der Waals surface area contributed by atoms with Gasteiger partial charge in [-0.15, -0.1) is 12.4 Å². The molecular formula is C10H11BrClF3N2OS. The molecule has 1 amide bonds. The Kier molecular flexibility index (Phi) is 7.02. The molecule has 0 aromatic heterocycles. The molecule has 1 rings (SSSR count). The molecule has 0 aliphatic rings. The van der Waals surface area contributed by atoms with Crippen molar-refractivity contribution in [3.05, 3.63) is 22.2 Å². The minimum Gasteiger partial charge on any atom is -0.397 e. The number of thioether (sulfide) groups is 1. The van der Waals surface area contributed by atoms with Gasteiger partial charge in [0.25, 0.3) is 0 Å². The first-order valence-electron chi connectivity index (χ1n) is 4.75. The zero-order valence-electron chi connectivity index (χ0n) is 9.68. The Morgan fingerprint density at radius 1 is 1.47 bits per heavy atom. The average molecular weight is 380 g/mol. The predicted octanol–water partition coefficient (Wildman–Crippen LogP) is 3.95. The summed E-state index contributed by atoms with van der Waals surface area (Å²) in [6.07, 6.45) is 0. The summed E-state index contributed by atoms with van der Waals surface area (Å²) in [5.41, 5.74) is 2.66. The van der Waals surface area contributed by atoms with Gasteiger partial charge >= 0.3 is 5.51 Å². The third kappa shape index (κ3) is 6.40. The number of aryl methyl sites for hydroxylation is 1. The summed E-state index contributed by atoms with van der Waals surface area (Å²) in [4.78, 5) is 11.3. The number of nitrogens with one attached hydrogen (secondary N) is 1. The number of benzene rings is 1. The molecule has 0 unspecified atom stereocenters. The van der Waals surface area contributed by atoms with Gasteiger partial charge in [-0.2, -0.15) is 13.2 Å². The number of nitrogen functional groups attached to an aromatic ring is 1. The number of amides is 1. The molecule has 0 fully saturated rings. The van der Waals surface area contributed by atoms with Crippen molar-refractivity contribution in [3.8, 4) is 0 Å².